The molecule has 0 aliphatic carbocycles. The van der Waals surface area contributed by atoms with Crippen molar-refractivity contribution in [3.8, 4) is 0 Å². The van der Waals surface area contributed by atoms with E-state index in [0.29, 0.717) is 32.2 Å². The number of carbonyl (C=O) groups excluding carboxylic acids is 1. The summed E-state index contributed by atoms with van der Waals surface area (Å²) in [6, 6.07) is 15.9. The van der Waals surface area contributed by atoms with Crippen LogP contribution in [0.3, 0.4) is 0 Å². The third-order valence-corrected chi connectivity index (χ3v) is 7.80. The summed E-state index contributed by atoms with van der Waals surface area (Å²) in [5.41, 5.74) is 3.76. The Bertz CT molecular complexity index is 1080. The number of nitrogens with one attached hydrogen (secondary N) is 1. The van der Waals surface area contributed by atoms with Crippen molar-refractivity contribution in [1.82, 2.24) is 10.2 Å². The number of carboxylic acid groups (broad SMARTS) is 1. The Kier molecular flexibility index (Phi) is 11.5. The first-order valence-electron chi connectivity index (χ1n) is 14.4. The number of carboxylic acids is 1. The molecule has 1 amide bonds. The van der Waals surface area contributed by atoms with Crippen molar-refractivity contribution in [2.45, 2.75) is 89.1 Å². The van der Waals surface area contributed by atoms with Crippen LogP contribution in [0, 0.1) is 0 Å². The molecule has 2 aliphatic heterocycles. The summed E-state index contributed by atoms with van der Waals surface area (Å²) < 4.78 is 12.9. The van der Waals surface area contributed by atoms with Crippen LogP contribution >= 0.6 is 0 Å². The Labute approximate surface area is 236 Å². The molecule has 2 saturated heterocycles. The Hall–Kier alpha value is -2.82. The van der Waals surface area contributed by atoms with E-state index in [9.17, 15) is 19.8 Å². The summed E-state index contributed by atoms with van der Waals surface area (Å²) >= 11 is 0. The zero-order valence-electron chi connectivity index (χ0n) is 23.0. The maximum Gasteiger partial charge on any atom is 0.303 e. The van der Waals surface area contributed by atoms with Crippen LogP contribution in [0.1, 0.15) is 86.0 Å². The van der Waals surface area contributed by atoms with Crippen LogP contribution in [-0.4, -0.2) is 63.9 Å². The van der Waals surface area contributed by atoms with Crippen LogP contribution in [0.5, 0.6) is 0 Å². The maximum atomic E-state index is 12.2. The third-order valence-electron chi connectivity index (χ3n) is 7.80. The molecule has 0 bridgehead atoms. The lowest BCUT2D eigenvalue weighted by Crippen LogP contribution is -2.42. The highest BCUT2D eigenvalue weighted by molar-refractivity contribution is 5.75. The van der Waals surface area contributed by atoms with E-state index in [1.54, 1.807) is 0 Å². The second-order valence-electron chi connectivity index (χ2n) is 10.8. The number of aliphatic hydroxyl groups is 2. The van der Waals surface area contributed by atoms with Gasteiger partial charge in [0.2, 0.25) is 5.91 Å². The van der Waals surface area contributed by atoms with Crippen molar-refractivity contribution >= 4 is 11.9 Å². The fourth-order valence-corrected chi connectivity index (χ4v) is 5.46. The number of aliphatic carboxylic acids is 1. The fraction of sp³-hybridized carbons (Fsp3) is 0.548. The molecule has 2 aromatic rings. The minimum absolute atomic E-state index is 0.00271. The number of ether oxygens (including phenoxy) is 2. The van der Waals surface area contributed by atoms with Gasteiger partial charge in [-0.2, -0.15) is 0 Å². The lowest BCUT2D eigenvalue weighted by Gasteiger charge is -2.38. The summed E-state index contributed by atoms with van der Waals surface area (Å²) in [6.07, 6.45) is 4.51. The zero-order chi connectivity index (χ0) is 28.3. The Morgan fingerprint density at radius 3 is 2.30 bits per heavy atom. The van der Waals surface area contributed by atoms with Gasteiger partial charge >= 0.3 is 5.97 Å². The van der Waals surface area contributed by atoms with E-state index >= 15 is 0 Å². The van der Waals surface area contributed by atoms with Gasteiger partial charge in [-0.15, -0.1) is 0 Å². The van der Waals surface area contributed by atoms with Crippen molar-refractivity contribution in [1.29, 1.82) is 0 Å². The van der Waals surface area contributed by atoms with Gasteiger partial charge in [-0.1, -0.05) is 55.0 Å². The standard InChI is InChI=1S/C31H42N2O7/c34-20-23-10-12-24(13-11-23)28-17-27(19-33-16-4-5-26(33)21-35)39-31(40-28)25-14-8-22(9-15-25)18-32-29(36)6-2-1-3-7-30(37)38/h8-15,26-28,31,34-35H,1-7,16-21H2,(H,32,36)(H,37,38)/t26-,27+,28-,31-/m0/s1. The molecule has 40 heavy (non-hydrogen) atoms. The number of amides is 1. The molecule has 4 rings (SSSR count). The van der Waals surface area contributed by atoms with Gasteiger partial charge in [0.15, 0.2) is 6.29 Å². The zero-order valence-corrected chi connectivity index (χ0v) is 23.0. The molecule has 0 spiro atoms. The number of nitrogens with zero attached hydrogens (tertiary/aromatic N) is 1. The third kappa shape index (κ3) is 8.84. The van der Waals surface area contributed by atoms with Crippen LogP contribution in [0.4, 0.5) is 0 Å². The Morgan fingerprint density at radius 2 is 1.60 bits per heavy atom. The molecule has 0 saturated carbocycles. The predicted molar refractivity (Wildman–Crippen MR) is 149 cm³/mol. The fourth-order valence-electron chi connectivity index (χ4n) is 5.46. The maximum absolute atomic E-state index is 12.2. The molecule has 2 aliphatic rings. The highest BCUT2D eigenvalue weighted by Gasteiger charge is 2.35. The van der Waals surface area contributed by atoms with Gasteiger partial charge in [-0.25, -0.2) is 0 Å². The van der Waals surface area contributed by atoms with E-state index in [1.165, 1.54) is 0 Å². The van der Waals surface area contributed by atoms with E-state index in [1.807, 2.05) is 48.5 Å². The van der Waals surface area contributed by atoms with E-state index in [2.05, 4.69) is 10.2 Å². The summed E-state index contributed by atoms with van der Waals surface area (Å²) in [7, 11) is 0. The summed E-state index contributed by atoms with van der Waals surface area (Å²) in [5.74, 6) is -0.846. The van der Waals surface area contributed by atoms with Crippen LogP contribution in [-0.2, 0) is 32.2 Å². The smallest absolute Gasteiger partial charge is 0.303 e. The van der Waals surface area contributed by atoms with E-state index in [0.717, 1.165) is 54.6 Å². The normalized spacial score (nSPS) is 23.2. The number of likely N-dealkylation sites (tertiary alicyclic amines) is 1. The van der Waals surface area contributed by atoms with Crippen molar-refractivity contribution in [2.24, 2.45) is 0 Å². The average molecular weight is 555 g/mol. The second kappa shape index (κ2) is 15.3. The lowest BCUT2D eigenvalue weighted by atomic mass is 9.99. The molecular formula is C31H42N2O7. The van der Waals surface area contributed by atoms with Gasteiger partial charge < -0.3 is 30.1 Å². The molecule has 2 fully saturated rings. The number of hydrogen-bond acceptors (Lipinski definition) is 7. The van der Waals surface area contributed by atoms with E-state index < -0.39 is 12.3 Å². The van der Waals surface area contributed by atoms with Crippen LogP contribution < -0.4 is 5.32 Å². The number of aliphatic hydroxyl groups excluding tert-OH is 2. The second-order valence-corrected chi connectivity index (χ2v) is 10.8. The molecule has 2 heterocycles. The van der Waals surface area contributed by atoms with Crippen molar-refractivity contribution in [2.75, 3.05) is 19.7 Å². The Balaban J connectivity index is 1.35. The van der Waals surface area contributed by atoms with Gasteiger partial charge in [0.1, 0.15) is 0 Å². The van der Waals surface area contributed by atoms with Crippen molar-refractivity contribution in [3.05, 3.63) is 70.8 Å². The summed E-state index contributed by atoms with van der Waals surface area (Å²) in [5, 5.41) is 30.8. The van der Waals surface area contributed by atoms with Crippen molar-refractivity contribution < 1.29 is 34.4 Å². The summed E-state index contributed by atoms with van der Waals surface area (Å²) in [6.45, 7) is 2.26. The monoisotopic (exact) mass is 554 g/mol. The average Bonchev–Trinajstić information content (AvgIpc) is 3.43. The van der Waals surface area contributed by atoms with Gasteiger partial charge in [0, 0.05) is 44.0 Å². The first-order valence-corrected chi connectivity index (χ1v) is 14.4. The largest absolute Gasteiger partial charge is 0.481 e. The molecule has 218 valence electrons. The van der Waals surface area contributed by atoms with Crippen LogP contribution in [0.2, 0.25) is 0 Å². The predicted octanol–water partition coefficient (Wildman–Crippen LogP) is 3.83. The van der Waals surface area contributed by atoms with Crippen LogP contribution in [0.15, 0.2) is 48.5 Å². The highest BCUT2D eigenvalue weighted by atomic mass is 16.7. The number of benzene rings is 2. The minimum atomic E-state index is -0.804. The minimum Gasteiger partial charge on any atom is -0.481 e. The molecule has 9 nitrogen and oxygen atoms in total. The van der Waals surface area contributed by atoms with E-state index in [4.69, 9.17) is 14.6 Å². The number of carbonyl (C=O) groups is 2. The first kappa shape index (κ1) is 30.1. The molecule has 2 aromatic carbocycles. The van der Waals surface area contributed by atoms with Gasteiger partial charge in [-0.3, -0.25) is 14.5 Å². The van der Waals surface area contributed by atoms with Crippen molar-refractivity contribution in [3.63, 3.8) is 0 Å². The number of unbranched alkanes of at least 4 members (excludes halogenated alkanes) is 2. The molecular weight excluding hydrogens is 512 g/mol. The topological polar surface area (TPSA) is 129 Å². The van der Waals surface area contributed by atoms with Gasteiger partial charge in [-0.05, 0) is 48.9 Å². The first-order chi connectivity index (χ1) is 19.4. The summed E-state index contributed by atoms with van der Waals surface area (Å²) in [4.78, 5) is 25.1. The highest BCUT2D eigenvalue weighted by Crippen LogP contribution is 2.38. The molecule has 4 N–H and O–H groups in total. The van der Waals surface area contributed by atoms with Crippen LogP contribution in [0.25, 0.3) is 0 Å². The number of rotatable bonds is 14. The SMILES string of the molecule is O=C(O)CCCCCC(=O)NCc1ccc([C@H]2O[C@@H](CN3CCC[C@H]3CO)C[C@@H](c3ccc(CO)cc3)O2)cc1. The lowest BCUT2D eigenvalue weighted by molar-refractivity contribution is -0.253. The van der Waals surface area contributed by atoms with Gasteiger partial charge in [0.05, 0.1) is 25.4 Å². The molecule has 4 atom stereocenters. The molecule has 0 radical (unpaired) electrons. The molecule has 9 heteroatoms. The quantitative estimate of drug-likeness (QED) is 0.260. The molecule has 0 unspecified atom stereocenters. The Morgan fingerprint density at radius 1 is 0.900 bits per heavy atom. The molecule has 0 aromatic heterocycles. The van der Waals surface area contributed by atoms with E-state index in [-0.39, 0.29) is 43.8 Å². The van der Waals surface area contributed by atoms with Gasteiger partial charge in [0.25, 0.3) is 0 Å². The number of hydrogen-bond donors (Lipinski definition) is 4.